The normalized spacial score (nSPS) is 12.1. The van der Waals surface area contributed by atoms with E-state index in [9.17, 15) is 14.4 Å². The largest absolute Gasteiger partial charge is 0.462 e. The summed E-state index contributed by atoms with van der Waals surface area (Å²) in [5.41, 5.74) is 0. The van der Waals surface area contributed by atoms with Crippen LogP contribution in [0.1, 0.15) is 374 Å². The second-order valence-corrected chi connectivity index (χ2v) is 22.7. The monoisotopic (exact) mass is 1040 g/mol. The van der Waals surface area contributed by atoms with Crippen molar-refractivity contribution in [2.24, 2.45) is 0 Å². The predicted molar refractivity (Wildman–Crippen MR) is 321 cm³/mol. The lowest BCUT2D eigenvalue weighted by atomic mass is 10.0. The summed E-state index contributed by atoms with van der Waals surface area (Å²) < 4.78 is 16.9. The quantitative estimate of drug-likeness (QED) is 0.0261. The third-order valence-corrected chi connectivity index (χ3v) is 15.2. The van der Waals surface area contributed by atoms with Crippen molar-refractivity contribution in [3.63, 3.8) is 0 Å². The summed E-state index contributed by atoms with van der Waals surface area (Å²) in [7, 11) is 0. The molecule has 0 aliphatic carbocycles. The van der Waals surface area contributed by atoms with Gasteiger partial charge in [-0.25, -0.2) is 0 Å². The average Bonchev–Trinajstić information content (AvgIpc) is 3.40. The zero-order valence-corrected chi connectivity index (χ0v) is 50.1. The van der Waals surface area contributed by atoms with Crippen LogP contribution in [0.4, 0.5) is 0 Å². The summed E-state index contributed by atoms with van der Waals surface area (Å²) in [6.45, 7) is 6.66. The molecule has 74 heavy (non-hydrogen) atoms. The fourth-order valence-corrected chi connectivity index (χ4v) is 10.1. The van der Waals surface area contributed by atoms with Gasteiger partial charge in [0, 0.05) is 19.3 Å². The van der Waals surface area contributed by atoms with Gasteiger partial charge in [-0.15, -0.1) is 0 Å². The summed E-state index contributed by atoms with van der Waals surface area (Å²) in [5.74, 6) is -0.868. The lowest BCUT2D eigenvalue weighted by Crippen LogP contribution is -2.30. The molecule has 0 N–H and O–H groups in total. The molecule has 0 heterocycles. The first kappa shape index (κ1) is 71.9. The van der Waals surface area contributed by atoms with E-state index in [1.165, 1.54) is 263 Å². The average molecular weight is 1040 g/mol. The summed E-state index contributed by atoms with van der Waals surface area (Å²) in [5, 5.41) is 0. The van der Waals surface area contributed by atoms with Crippen molar-refractivity contribution in [2.75, 3.05) is 13.2 Å². The fourth-order valence-electron chi connectivity index (χ4n) is 10.1. The van der Waals surface area contributed by atoms with E-state index in [1.54, 1.807) is 0 Å². The molecule has 0 fully saturated rings. The van der Waals surface area contributed by atoms with Gasteiger partial charge < -0.3 is 14.2 Å². The smallest absolute Gasteiger partial charge is 0.306 e. The van der Waals surface area contributed by atoms with E-state index in [1.807, 2.05) is 0 Å². The molecular formula is C68H128O6. The number of allylic oxidation sites excluding steroid dienone is 4. The molecule has 0 rings (SSSR count). The first-order chi connectivity index (χ1) is 36.5. The number of ether oxygens (including phenoxy) is 3. The van der Waals surface area contributed by atoms with Crippen molar-refractivity contribution in [2.45, 2.75) is 380 Å². The van der Waals surface area contributed by atoms with Crippen LogP contribution < -0.4 is 0 Å². The van der Waals surface area contributed by atoms with E-state index < -0.39 is 6.10 Å². The van der Waals surface area contributed by atoms with Crippen LogP contribution in [0, 0.1) is 0 Å². The molecule has 0 aromatic heterocycles. The second-order valence-electron chi connectivity index (χ2n) is 22.7. The van der Waals surface area contributed by atoms with Gasteiger partial charge in [0.15, 0.2) is 6.10 Å². The van der Waals surface area contributed by atoms with Gasteiger partial charge >= 0.3 is 17.9 Å². The number of carbonyl (C=O) groups excluding carboxylic acids is 3. The first-order valence-electron chi connectivity index (χ1n) is 33.3. The SMILES string of the molecule is CCCCCC/C=C\CCCCCCCC(=O)OCC(COC(=O)CCCCCCCCCCCCCCCCCCCCCCCCCCCCCCCC)OC(=O)CCCCCCC/C=C\CCCCCC. The minimum absolute atomic E-state index is 0.0727. The maximum absolute atomic E-state index is 12.9. The van der Waals surface area contributed by atoms with Crippen LogP contribution in [0.3, 0.4) is 0 Å². The molecule has 6 nitrogen and oxygen atoms in total. The van der Waals surface area contributed by atoms with Gasteiger partial charge in [-0.05, 0) is 70.6 Å². The lowest BCUT2D eigenvalue weighted by Gasteiger charge is -2.18. The molecule has 0 aromatic rings. The van der Waals surface area contributed by atoms with Gasteiger partial charge in [0.25, 0.3) is 0 Å². The van der Waals surface area contributed by atoms with Gasteiger partial charge in [0.1, 0.15) is 13.2 Å². The van der Waals surface area contributed by atoms with Crippen molar-refractivity contribution in [3.8, 4) is 0 Å². The Hall–Kier alpha value is -2.11. The van der Waals surface area contributed by atoms with Crippen LogP contribution in [0.5, 0.6) is 0 Å². The number of esters is 3. The van der Waals surface area contributed by atoms with Crippen LogP contribution in [-0.4, -0.2) is 37.2 Å². The Morgan fingerprint density at radius 2 is 0.446 bits per heavy atom. The molecule has 0 spiro atoms. The maximum atomic E-state index is 12.9. The first-order valence-corrected chi connectivity index (χ1v) is 33.3. The third-order valence-electron chi connectivity index (χ3n) is 15.2. The van der Waals surface area contributed by atoms with Crippen molar-refractivity contribution in [1.29, 1.82) is 0 Å². The highest BCUT2D eigenvalue weighted by Crippen LogP contribution is 2.18. The van der Waals surface area contributed by atoms with Gasteiger partial charge in [0.2, 0.25) is 0 Å². The minimum Gasteiger partial charge on any atom is -0.462 e. The summed E-state index contributed by atoms with van der Waals surface area (Å²) in [6, 6.07) is 0. The highest BCUT2D eigenvalue weighted by atomic mass is 16.6. The van der Waals surface area contributed by atoms with Crippen LogP contribution in [-0.2, 0) is 28.6 Å². The Morgan fingerprint density at radius 1 is 0.257 bits per heavy atom. The standard InChI is InChI=1S/C68H128O6/c1-4-7-10-13-16-19-22-25-26-27-28-29-30-31-32-33-34-35-36-37-38-39-40-41-44-46-49-52-55-58-61-67(70)73-64-65(74-68(71)62-59-56-53-50-47-43-24-21-18-15-12-9-6-3)63-72-66(69)60-57-54-51-48-45-42-23-20-17-14-11-8-5-2/h20-21,23-24,65H,4-19,22,25-64H2,1-3H3/b23-20-,24-21-. The van der Waals surface area contributed by atoms with Crippen molar-refractivity contribution >= 4 is 17.9 Å². The van der Waals surface area contributed by atoms with E-state index in [4.69, 9.17) is 14.2 Å². The van der Waals surface area contributed by atoms with Crippen LogP contribution in [0.15, 0.2) is 24.3 Å². The van der Waals surface area contributed by atoms with Gasteiger partial charge in [0.05, 0.1) is 0 Å². The van der Waals surface area contributed by atoms with Gasteiger partial charge in [-0.3, -0.25) is 14.4 Å². The lowest BCUT2D eigenvalue weighted by molar-refractivity contribution is -0.167. The molecule has 1 unspecified atom stereocenters. The van der Waals surface area contributed by atoms with Crippen LogP contribution >= 0.6 is 0 Å². The van der Waals surface area contributed by atoms with Crippen LogP contribution in [0.2, 0.25) is 0 Å². The molecule has 6 heteroatoms. The molecule has 0 saturated heterocycles. The summed E-state index contributed by atoms with van der Waals surface area (Å²) in [6.07, 6.45) is 76.4. The fraction of sp³-hybridized carbons (Fsp3) is 0.897. The Labute approximate surface area is 462 Å². The summed E-state index contributed by atoms with van der Waals surface area (Å²) >= 11 is 0. The van der Waals surface area contributed by atoms with Gasteiger partial charge in [-0.1, -0.05) is 308 Å². The topological polar surface area (TPSA) is 78.9 Å². The van der Waals surface area contributed by atoms with Crippen molar-refractivity contribution in [3.05, 3.63) is 24.3 Å². The number of rotatable bonds is 62. The maximum Gasteiger partial charge on any atom is 0.306 e. The van der Waals surface area contributed by atoms with E-state index in [2.05, 4.69) is 45.1 Å². The zero-order valence-electron chi connectivity index (χ0n) is 50.1. The molecule has 1 atom stereocenters. The molecule has 0 aliphatic rings. The Balaban J connectivity index is 4.09. The number of unbranched alkanes of at least 4 members (excludes halogenated alkanes) is 47. The van der Waals surface area contributed by atoms with E-state index in [-0.39, 0.29) is 31.1 Å². The van der Waals surface area contributed by atoms with Crippen molar-refractivity contribution in [1.82, 2.24) is 0 Å². The molecule has 0 saturated carbocycles. The molecule has 0 amide bonds. The molecule has 0 radical (unpaired) electrons. The number of hydrogen-bond donors (Lipinski definition) is 0. The van der Waals surface area contributed by atoms with Gasteiger partial charge in [-0.2, -0.15) is 0 Å². The molecule has 0 aromatic carbocycles. The van der Waals surface area contributed by atoms with E-state index in [0.29, 0.717) is 19.3 Å². The number of hydrogen-bond acceptors (Lipinski definition) is 6. The third kappa shape index (κ3) is 60.8. The minimum atomic E-state index is -0.776. The number of carbonyl (C=O) groups is 3. The zero-order chi connectivity index (χ0) is 53.6. The molecule has 0 bridgehead atoms. The Bertz CT molecular complexity index is 1190. The Kier molecular flexibility index (Phi) is 61.6. The second kappa shape index (κ2) is 63.4. The van der Waals surface area contributed by atoms with E-state index in [0.717, 1.165) is 70.6 Å². The molecular weight excluding hydrogens is 913 g/mol. The van der Waals surface area contributed by atoms with Crippen molar-refractivity contribution < 1.29 is 28.6 Å². The summed E-state index contributed by atoms with van der Waals surface area (Å²) in [4.78, 5) is 38.2. The highest BCUT2D eigenvalue weighted by molar-refractivity contribution is 5.71. The Morgan fingerprint density at radius 3 is 0.689 bits per heavy atom. The predicted octanol–water partition coefficient (Wildman–Crippen LogP) is 22.6. The molecule has 436 valence electrons. The molecule has 0 aliphatic heterocycles. The highest BCUT2D eigenvalue weighted by Gasteiger charge is 2.19. The van der Waals surface area contributed by atoms with E-state index >= 15 is 0 Å². The van der Waals surface area contributed by atoms with Crippen LogP contribution in [0.25, 0.3) is 0 Å².